The Balaban J connectivity index is 2.13. The highest BCUT2D eigenvalue weighted by molar-refractivity contribution is 5.98. The van der Waals surface area contributed by atoms with Gasteiger partial charge in [-0.25, -0.2) is 0 Å². The molecule has 0 aliphatic heterocycles. The molecular formula is C20H24N4O3. The van der Waals surface area contributed by atoms with Crippen LogP contribution in [0.2, 0.25) is 0 Å². The molecule has 0 radical (unpaired) electrons. The molecule has 0 fully saturated rings. The van der Waals surface area contributed by atoms with Crippen LogP contribution in [-0.4, -0.2) is 29.6 Å². The van der Waals surface area contributed by atoms with Crippen molar-refractivity contribution in [2.45, 2.75) is 40.2 Å². The van der Waals surface area contributed by atoms with Crippen molar-refractivity contribution in [1.29, 1.82) is 5.26 Å². The van der Waals surface area contributed by atoms with Crippen LogP contribution in [-0.2, 0) is 4.79 Å². The number of benzene rings is 1. The van der Waals surface area contributed by atoms with Crippen LogP contribution in [0.5, 0.6) is 0 Å². The average Bonchev–Trinajstić information content (AvgIpc) is 2.97. The molecule has 0 spiro atoms. The first-order chi connectivity index (χ1) is 12.8. The molecule has 0 saturated carbocycles. The van der Waals surface area contributed by atoms with E-state index in [2.05, 4.69) is 15.8 Å². The molecule has 2 amide bonds. The van der Waals surface area contributed by atoms with Crippen molar-refractivity contribution in [2.24, 2.45) is 5.92 Å². The van der Waals surface area contributed by atoms with E-state index in [4.69, 9.17) is 9.78 Å². The first-order valence-corrected chi connectivity index (χ1v) is 8.82. The Morgan fingerprint density at radius 3 is 2.41 bits per heavy atom. The number of hydrogen-bond acceptors (Lipinski definition) is 5. The van der Waals surface area contributed by atoms with Crippen molar-refractivity contribution in [1.82, 2.24) is 15.8 Å². The number of carbonyl (C=O) groups excluding carboxylic acids is 2. The Morgan fingerprint density at radius 1 is 1.22 bits per heavy atom. The number of nitrogens with one attached hydrogen (secondary N) is 2. The number of rotatable bonds is 7. The van der Waals surface area contributed by atoms with Gasteiger partial charge >= 0.3 is 0 Å². The lowest BCUT2D eigenvalue weighted by Crippen LogP contribution is -2.47. The highest BCUT2D eigenvalue weighted by Gasteiger charge is 2.22. The Bertz CT molecular complexity index is 828. The molecule has 0 bridgehead atoms. The van der Waals surface area contributed by atoms with E-state index in [0.29, 0.717) is 12.0 Å². The van der Waals surface area contributed by atoms with Crippen molar-refractivity contribution in [3.8, 4) is 17.2 Å². The van der Waals surface area contributed by atoms with Crippen molar-refractivity contribution in [2.75, 3.05) is 6.54 Å². The molecule has 1 aromatic carbocycles. The number of aromatic nitrogens is 1. The van der Waals surface area contributed by atoms with Gasteiger partial charge in [-0.05, 0) is 43.9 Å². The number of nitrogens with zero attached hydrogens (tertiary/aromatic N) is 2. The van der Waals surface area contributed by atoms with Crippen molar-refractivity contribution in [3.63, 3.8) is 0 Å². The zero-order valence-electron chi connectivity index (χ0n) is 16.0. The van der Waals surface area contributed by atoms with Gasteiger partial charge in [-0.3, -0.25) is 9.59 Å². The molecule has 1 atom stereocenters. The highest BCUT2D eigenvalue weighted by Crippen LogP contribution is 2.26. The number of amides is 2. The topological polar surface area (TPSA) is 108 Å². The molecule has 1 heterocycles. The Kier molecular flexibility index (Phi) is 6.72. The van der Waals surface area contributed by atoms with E-state index in [0.717, 1.165) is 22.6 Å². The molecule has 0 aliphatic rings. The SMILES string of the molecule is Cc1noc(C)c1-c1ccc(C(=O)N[C@@H](CC(C)C)C(=O)NCC#N)cc1. The summed E-state index contributed by atoms with van der Waals surface area (Å²) in [6.07, 6.45) is 0.486. The summed E-state index contributed by atoms with van der Waals surface area (Å²) in [7, 11) is 0. The number of carbonyl (C=O) groups is 2. The monoisotopic (exact) mass is 368 g/mol. The lowest BCUT2D eigenvalue weighted by atomic mass is 10.0. The second-order valence-electron chi connectivity index (χ2n) is 6.81. The third-order valence-electron chi connectivity index (χ3n) is 4.14. The molecule has 2 aromatic rings. The van der Waals surface area contributed by atoms with E-state index >= 15 is 0 Å². The van der Waals surface area contributed by atoms with Gasteiger partial charge < -0.3 is 15.2 Å². The summed E-state index contributed by atoms with van der Waals surface area (Å²) >= 11 is 0. The third kappa shape index (κ3) is 5.17. The minimum absolute atomic E-state index is 0.0879. The van der Waals surface area contributed by atoms with E-state index in [1.807, 2.05) is 45.9 Å². The summed E-state index contributed by atoms with van der Waals surface area (Å²) in [5.41, 5.74) is 3.06. The maximum atomic E-state index is 12.6. The van der Waals surface area contributed by atoms with Crippen LogP contribution in [0.15, 0.2) is 28.8 Å². The number of hydrogen-bond donors (Lipinski definition) is 2. The third-order valence-corrected chi connectivity index (χ3v) is 4.14. The summed E-state index contributed by atoms with van der Waals surface area (Å²) < 4.78 is 5.18. The van der Waals surface area contributed by atoms with Gasteiger partial charge in [-0.2, -0.15) is 5.26 Å². The van der Waals surface area contributed by atoms with Gasteiger partial charge in [0.05, 0.1) is 11.8 Å². The van der Waals surface area contributed by atoms with Crippen LogP contribution in [0.4, 0.5) is 0 Å². The molecule has 7 nitrogen and oxygen atoms in total. The van der Waals surface area contributed by atoms with Crippen LogP contribution in [0.1, 0.15) is 42.1 Å². The minimum atomic E-state index is -0.687. The molecule has 2 rings (SSSR count). The predicted octanol–water partition coefficient (Wildman–Crippen LogP) is 2.74. The van der Waals surface area contributed by atoms with E-state index in [9.17, 15) is 9.59 Å². The van der Waals surface area contributed by atoms with E-state index in [-0.39, 0.29) is 24.3 Å². The van der Waals surface area contributed by atoms with Gasteiger partial charge in [0.2, 0.25) is 5.91 Å². The lowest BCUT2D eigenvalue weighted by Gasteiger charge is -2.19. The van der Waals surface area contributed by atoms with Crippen molar-refractivity contribution < 1.29 is 14.1 Å². The van der Waals surface area contributed by atoms with Crippen LogP contribution in [0.3, 0.4) is 0 Å². The summed E-state index contributed by atoms with van der Waals surface area (Å²) in [4.78, 5) is 24.8. The minimum Gasteiger partial charge on any atom is -0.361 e. The molecule has 0 saturated heterocycles. The zero-order chi connectivity index (χ0) is 20.0. The lowest BCUT2D eigenvalue weighted by molar-refractivity contribution is -0.123. The van der Waals surface area contributed by atoms with E-state index < -0.39 is 6.04 Å². The molecule has 142 valence electrons. The fourth-order valence-corrected chi connectivity index (χ4v) is 2.88. The summed E-state index contributed by atoms with van der Waals surface area (Å²) in [6, 6.07) is 8.24. The summed E-state index contributed by atoms with van der Waals surface area (Å²) in [6.45, 7) is 7.55. The maximum absolute atomic E-state index is 12.6. The van der Waals surface area contributed by atoms with Crippen LogP contribution in [0, 0.1) is 31.1 Å². The normalized spacial score (nSPS) is 11.7. The molecule has 0 aliphatic carbocycles. The fraction of sp³-hybridized carbons (Fsp3) is 0.400. The average molecular weight is 368 g/mol. The van der Waals surface area contributed by atoms with Crippen molar-refractivity contribution in [3.05, 3.63) is 41.3 Å². The molecule has 1 aromatic heterocycles. The molecular weight excluding hydrogens is 344 g/mol. The van der Waals surface area contributed by atoms with Crippen LogP contribution < -0.4 is 10.6 Å². The molecule has 7 heteroatoms. The molecule has 2 N–H and O–H groups in total. The van der Waals surface area contributed by atoms with Gasteiger partial charge in [0.25, 0.3) is 5.91 Å². The Morgan fingerprint density at radius 2 is 1.89 bits per heavy atom. The first kappa shape index (κ1) is 20.2. The van der Waals surface area contributed by atoms with Gasteiger partial charge in [0, 0.05) is 11.1 Å². The van der Waals surface area contributed by atoms with Crippen LogP contribution in [0.25, 0.3) is 11.1 Å². The Hall–Kier alpha value is -3.14. The smallest absolute Gasteiger partial charge is 0.251 e. The van der Waals surface area contributed by atoms with Gasteiger partial charge in [0.15, 0.2) is 0 Å². The molecule has 27 heavy (non-hydrogen) atoms. The second kappa shape index (κ2) is 8.99. The molecule has 0 unspecified atom stereocenters. The van der Waals surface area contributed by atoms with Crippen molar-refractivity contribution >= 4 is 11.8 Å². The summed E-state index contributed by atoms with van der Waals surface area (Å²) in [5, 5.41) is 17.8. The van der Waals surface area contributed by atoms with Gasteiger partial charge in [-0.15, -0.1) is 0 Å². The number of nitriles is 1. The quantitative estimate of drug-likeness (QED) is 0.731. The zero-order valence-corrected chi connectivity index (χ0v) is 16.0. The Labute approximate surface area is 158 Å². The fourth-order valence-electron chi connectivity index (χ4n) is 2.88. The van der Waals surface area contributed by atoms with Crippen LogP contribution >= 0.6 is 0 Å². The van der Waals surface area contributed by atoms with E-state index in [1.54, 1.807) is 12.1 Å². The second-order valence-corrected chi connectivity index (χ2v) is 6.81. The van der Waals surface area contributed by atoms with Gasteiger partial charge in [0.1, 0.15) is 18.3 Å². The first-order valence-electron chi connectivity index (χ1n) is 8.82. The summed E-state index contributed by atoms with van der Waals surface area (Å²) in [5.74, 6) is 0.241. The predicted molar refractivity (Wildman–Crippen MR) is 101 cm³/mol. The maximum Gasteiger partial charge on any atom is 0.251 e. The number of aryl methyl sites for hydroxylation is 2. The largest absolute Gasteiger partial charge is 0.361 e. The standard InChI is InChI=1S/C20H24N4O3/c1-12(2)11-17(20(26)22-10-9-21)23-19(25)16-7-5-15(6-8-16)18-13(3)24-27-14(18)4/h5-8,12,17H,10-11H2,1-4H3,(H,22,26)(H,23,25)/t17-/m0/s1. The van der Waals surface area contributed by atoms with E-state index in [1.165, 1.54) is 0 Å². The van der Waals surface area contributed by atoms with Gasteiger partial charge in [-0.1, -0.05) is 31.1 Å². The highest BCUT2D eigenvalue weighted by atomic mass is 16.5.